The second-order valence-corrected chi connectivity index (χ2v) is 9.32. The number of H-pyrrole nitrogens is 1. The number of carboxylic acids is 1. The first kappa shape index (κ1) is 21.6. The normalized spacial score (nSPS) is 18.5. The zero-order valence-corrected chi connectivity index (χ0v) is 18.3. The number of carbonyl (C=O) groups is 3. The fourth-order valence-electron chi connectivity index (χ4n) is 3.71. The number of hydrogen-bond donors (Lipinski definition) is 5. The monoisotopic (exact) mass is 480 g/mol. The van der Waals surface area contributed by atoms with Crippen molar-refractivity contribution in [3.63, 3.8) is 0 Å². The highest BCUT2D eigenvalue weighted by atomic mass is 35.5. The van der Waals surface area contributed by atoms with Gasteiger partial charge in [-0.1, -0.05) is 47.5 Å². The van der Waals surface area contributed by atoms with E-state index in [1.807, 2.05) is 24.3 Å². The van der Waals surface area contributed by atoms with Gasteiger partial charge in [-0.15, -0.1) is 11.3 Å². The molecule has 1 aliphatic carbocycles. The van der Waals surface area contributed by atoms with Crippen LogP contribution in [-0.4, -0.2) is 40.0 Å². The Kier molecular flexibility index (Phi) is 5.94. The lowest BCUT2D eigenvalue weighted by atomic mass is 10.1. The smallest absolute Gasteiger partial charge is 0.321 e. The molecule has 2 amide bonds. The van der Waals surface area contributed by atoms with Crippen LogP contribution in [0.5, 0.6) is 0 Å². The Morgan fingerprint density at radius 3 is 2.71 bits per heavy atom. The Bertz CT molecular complexity index is 1190. The van der Waals surface area contributed by atoms with E-state index in [0.717, 1.165) is 15.8 Å². The highest BCUT2D eigenvalue weighted by molar-refractivity contribution is 7.23. The third kappa shape index (κ3) is 4.27. The van der Waals surface area contributed by atoms with Crippen molar-refractivity contribution in [2.24, 2.45) is 5.73 Å². The van der Waals surface area contributed by atoms with E-state index >= 15 is 0 Å². The van der Waals surface area contributed by atoms with Crippen molar-refractivity contribution in [2.45, 2.75) is 31.0 Å². The summed E-state index contributed by atoms with van der Waals surface area (Å²) in [4.78, 5) is 39.2. The summed E-state index contributed by atoms with van der Waals surface area (Å²) in [5.74, 6) is -2.11. The van der Waals surface area contributed by atoms with Gasteiger partial charge in [-0.2, -0.15) is 0 Å². The summed E-state index contributed by atoms with van der Waals surface area (Å²) >= 11 is 13.4. The molecular formula is C20H18Cl2N4O4S. The molecule has 2 aromatic heterocycles. The molecule has 3 aromatic rings. The van der Waals surface area contributed by atoms with E-state index in [2.05, 4.69) is 15.6 Å². The number of amides is 2. The molecule has 0 saturated heterocycles. The molecule has 6 N–H and O–H groups in total. The molecule has 162 valence electrons. The Labute approximate surface area is 190 Å². The SMILES string of the molecule is N[C@@H](CC(=O)N[C@@H]1c2ccccc2C[C@H]1NC(=O)c1cc2sc(Cl)c(Cl)c2[nH]1)C(=O)O. The van der Waals surface area contributed by atoms with Crippen molar-refractivity contribution in [3.05, 3.63) is 56.5 Å². The second kappa shape index (κ2) is 8.51. The number of benzene rings is 1. The van der Waals surface area contributed by atoms with Gasteiger partial charge in [0.05, 0.1) is 33.7 Å². The van der Waals surface area contributed by atoms with Gasteiger partial charge < -0.3 is 26.5 Å². The number of halogens is 2. The topological polar surface area (TPSA) is 137 Å². The Balaban J connectivity index is 1.53. The lowest BCUT2D eigenvalue weighted by Crippen LogP contribution is -2.46. The van der Waals surface area contributed by atoms with Crippen molar-refractivity contribution in [2.75, 3.05) is 0 Å². The van der Waals surface area contributed by atoms with Crippen molar-refractivity contribution in [1.29, 1.82) is 0 Å². The molecule has 0 saturated carbocycles. The number of aromatic amines is 1. The first-order chi connectivity index (χ1) is 14.7. The summed E-state index contributed by atoms with van der Waals surface area (Å²) < 4.78 is 1.21. The molecule has 11 heteroatoms. The molecule has 1 aliphatic rings. The first-order valence-electron chi connectivity index (χ1n) is 9.37. The molecule has 0 radical (unpaired) electrons. The number of fused-ring (bicyclic) bond motifs is 2. The molecule has 4 rings (SSSR count). The number of carboxylic acid groups (broad SMARTS) is 1. The predicted molar refractivity (Wildman–Crippen MR) is 119 cm³/mol. The number of nitrogens with one attached hydrogen (secondary N) is 3. The molecule has 0 fully saturated rings. The fraction of sp³-hybridized carbons (Fsp3) is 0.250. The van der Waals surface area contributed by atoms with E-state index < -0.39 is 30.0 Å². The molecule has 1 aromatic carbocycles. The minimum atomic E-state index is -1.30. The van der Waals surface area contributed by atoms with Gasteiger partial charge in [0, 0.05) is 0 Å². The predicted octanol–water partition coefficient (Wildman–Crippen LogP) is 2.85. The fourth-order valence-corrected chi connectivity index (χ4v) is 5.20. The molecule has 0 aliphatic heterocycles. The third-order valence-electron chi connectivity index (χ3n) is 5.21. The van der Waals surface area contributed by atoms with E-state index in [4.69, 9.17) is 34.0 Å². The van der Waals surface area contributed by atoms with Gasteiger partial charge in [0.15, 0.2) is 0 Å². The number of carbonyl (C=O) groups excluding carboxylic acids is 2. The number of aliphatic carboxylic acids is 1. The minimum Gasteiger partial charge on any atom is -0.480 e. The Morgan fingerprint density at radius 2 is 2.00 bits per heavy atom. The van der Waals surface area contributed by atoms with Gasteiger partial charge >= 0.3 is 5.97 Å². The van der Waals surface area contributed by atoms with E-state index in [1.165, 1.54) is 11.3 Å². The first-order valence-corrected chi connectivity index (χ1v) is 10.9. The Hall–Kier alpha value is -2.59. The van der Waals surface area contributed by atoms with E-state index in [-0.39, 0.29) is 12.3 Å². The van der Waals surface area contributed by atoms with Crippen LogP contribution in [0.25, 0.3) is 10.2 Å². The van der Waals surface area contributed by atoms with Gasteiger partial charge in [0.2, 0.25) is 5.91 Å². The summed E-state index contributed by atoms with van der Waals surface area (Å²) in [7, 11) is 0. The van der Waals surface area contributed by atoms with Crippen molar-refractivity contribution < 1.29 is 19.5 Å². The standard InChI is InChI=1S/C20H18Cl2N4O4S/c21-15-17-13(31-18(15)22)7-12(24-17)19(28)25-11-5-8-3-1-2-4-9(8)16(11)26-14(27)6-10(23)20(29)30/h1-4,7,10-11,16,24H,5-6,23H2,(H,25,28)(H,26,27)(H,29,30)/t10-,11+,16+/m0/s1. The highest BCUT2D eigenvalue weighted by Crippen LogP contribution is 2.39. The molecule has 0 bridgehead atoms. The zero-order chi connectivity index (χ0) is 22.3. The lowest BCUT2D eigenvalue weighted by Gasteiger charge is -2.23. The van der Waals surface area contributed by atoms with Crippen LogP contribution in [0.1, 0.15) is 34.1 Å². The van der Waals surface area contributed by atoms with Crippen LogP contribution in [0.4, 0.5) is 0 Å². The van der Waals surface area contributed by atoms with Crippen molar-refractivity contribution in [1.82, 2.24) is 15.6 Å². The molecule has 8 nitrogen and oxygen atoms in total. The summed E-state index contributed by atoms with van der Waals surface area (Å²) in [6, 6.07) is 6.97. The maximum atomic E-state index is 12.9. The lowest BCUT2D eigenvalue weighted by molar-refractivity contribution is -0.140. The Morgan fingerprint density at radius 1 is 1.26 bits per heavy atom. The second-order valence-electron chi connectivity index (χ2n) is 7.29. The molecule has 31 heavy (non-hydrogen) atoms. The van der Waals surface area contributed by atoms with Gasteiger partial charge in [-0.25, -0.2) is 0 Å². The largest absolute Gasteiger partial charge is 0.480 e. The van der Waals surface area contributed by atoms with Gasteiger partial charge in [0.1, 0.15) is 16.1 Å². The quantitative estimate of drug-likeness (QED) is 0.369. The van der Waals surface area contributed by atoms with Crippen molar-refractivity contribution in [3.8, 4) is 0 Å². The molecule has 2 heterocycles. The van der Waals surface area contributed by atoms with Crippen LogP contribution in [0, 0.1) is 0 Å². The van der Waals surface area contributed by atoms with Crippen molar-refractivity contribution >= 4 is 62.5 Å². The molecule has 3 atom stereocenters. The average molecular weight is 481 g/mol. The number of thiophene rings is 1. The van der Waals surface area contributed by atoms with E-state index in [9.17, 15) is 14.4 Å². The number of nitrogens with two attached hydrogens (primary N) is 1. The minimum absolute atomic E-state index is 0.328. The summed E-state index contributed by atoms with van der Waals surface area (Å²) in [5.41, 5.74) is 8.26. The van der Waals surface area contributed by atoms with Gasteiger partial charge in [0.25, 0.3) is 5.91 Å². The maximum Gasteiger partial charge on any atom is 0.321 e. The summed E-state index contributed by atoms with van der Waals surface area (Å²) in [6.07, 6.45) is 0.153. The summed E-state index contributed by atoms with van der Waals surface area (Å²) in [5, 5.41) is 15.1. The van der Waals surface area contributed by atoms with Crippen LogP contribution in [0.15, 0.2) is 30.3 Å². The van der Waals surface area contributed by atoms with Crippen LogP contribution in [0.2, 0.25) is 9.36 Å². The highest BCUT2D eigenvalue weighted by Gasteiger charge is 2.35. The molecular weight excluding hydrogens is 463 g/mol. The summed E-state index contributed by atoms with van der Waals surface area (Å²) in [6.45, 7) is 0. The van der Waals surface area contributed by atoms with Crippen LogP contribution >= 0.6 is 34.5 Å². The molecule has 0 spiro atoms. The zero-order valence-electron chi connectivity index (χ0n) is 15.9. The number of aromatic nitrogens is 1. The van der Waals surface area contributed by atoms with Crippen LogP contribution < -0.4 is 16.4 Å². The average Bonchev–Trinajstić information content (AvgIpc) is 3.36. The van der Waals surface area contributed by atoms with Gasteiger partial charge in [-0.3, -0.25) is 14.4 Å². The van der Waals surface area contributed by atoms with E-state index in [0.29, 0.717) is 27.0 Å². The van der Waals surface area contributed by atoms with Crippen LogP contribution in [0.3, 0.4) is 0 Å². The van der Waals surface area contributed by atoms with Crippen LogP contribution in [-0.2, 0) is 16.0 Å². The molecule has 0 unspecified atom stereocenters. The third-order valence-corrected chi connectivity index (χ3v) is 7.14. The van der Waals surface area contributed by atoms with E-state index in [1.54, 1.807) is 6.07 Å². The number of hydrogen-bond acceptors (Lipinski definition) is 5. The maximum absolute atomic E-state index is 12.9. The number of rotatable bonds is 6. The van der Waals surface area contributed by atoms with Gasteiger partial charge in [-0.05, 0) is 23.6 Å².